The number of ether oxygens (including phenoxy) is 8. The standard InChI is InChI=1S/C12H14N2O.C12H13NO6.2C12H13NO3.C8H9NO3/c1-15-11-4-2-3-9-7-10-8-13-5-6-14(10)12(9)11;1-3-19-12(15)9(14)7-8-5-4-6-10(18-2)11(8)13(16)17;2*1-3-16-12(14)9-7-8-5-4-6-10(15-2)11(8)13-9;1-6-4-3-5-7(12-2)8(6)9(10)11/h2-4,7,13H,5-6,8H2,1H3;4-6H,3,7H2,1-2H3;2*4-7,13H,3H2,1-2H3;3-5H,1-2H3. The highest BCUT2D eigenvalue weighted by Crippen LogP contribution is 2.33. The predicted molar refractivity (Wildman–Crippen MR) is 291 cm³/mol. The van der Waals surface area contributed by atoms with Crippen molar-refractivity contribution in [3.05, 3.63) is 158 Å². The molecular formula is C56H62N6O16. The van der Waals surface area contributed by atoms with Crippen molar-refractivity contribution in [2.24, 2.45) is 0 Å². The van der Waals surface area contributed by atoms with E-state index in [4.69, 9.17) is 33.2 Å². The zero-order valence-corrected chi connectivity index (χ0v) is 44.7. The summed E-state index contributed by atoms with van der Waals surface area (Å²) >= 11 is 0. The smallest absolute Gasteiger partial charge is 0.374 e. The lowest BCUT2D eigenvalue weighted by molar-refractivity contribution is -0.386. The van der Waals surface area contributed by atoms with E-state index in [0.717, 1.165) is 47.2 Å². The summed E-state index contributed by atoms with van der Waals surface area (Å²) in [6, 6.07) is 32.5. The highest BCUT2D eigenvalue weighted by molar-refractivity contribution is 6.34. The fourth-order valence-electron chi connectivity index (χ4n) is 8.12. The van der Waals surface area contributed by atoms with Crippen molar-refractivity contribution in [2.75, 3.05) is 61.9 Å². The maximum absolute atomic E-state index is 11.5. The molecular weight excluding hydrogens is 1010 g/mol. The number of aryl methyl sites for hydroxylation is 1. The third-order valence-corrected chi connectivity index (χ3v) is 11.6. The van der Waals surface area contributed by atoms with Gasteiger partial charge in [-0.3, -0.25) is 25.0 Å². The minimum atomic E-state index is -1.00. The van der Waals surface area contributed by atoms with Gasteiger partial charge in [-0.05, 0) is 76.2 Å². The number of methoxy groups -OCH3 is 5. The molecule has 3 N–H and O–H groups in total. The molecule has 22 heteroatoms. The summed E-state index contributed by atoms with van der Waals surface area (Å²) in [6.45, 7) is 10.6. The van der Waals surface area contributed by atoms with Gasteiger partial charge < -0.3 is 57.7 Å². The minimum absolute atomic E-state index is 0.0409. The number of nitro benzene ring substituents is 2. The van der Waals surface area contributed by atoms with Gasteiger partial charge in [-0.25, -0.2) is 14.4 Å². The van der Waals surface area contributed by atoms with E-state index in [2.05, 4.69) is 36.7 Å². The maximum Gasteiger partial charge on any atom is 0.374 e. The first-order chi connectivity index (χ1) is 37.6. The van der Waals surface area contributed by atoms with Gasteiger partial charge >= 0.3 is 29.3 Å². The van der Waals surface area contributed by atoms with Gasteiger partial charge in [-0.1, -0.05) is 60.7 Å². The van der Waals surface area contributed by atoms with E-state index in [-0.39, 0.29) is 41.2 Å². The summed E-state index contributed by atoms with van der Waals surface area (Å²) in [4.78, 5) is 72.2. The fourth-order valence-corrected chi connectivity index (χ4v) is 8.12. The molecule has 0 saturated heterocycles. The topological polar surface area (TPSA) is 277 Å². The second kappa shape index (κ2) is 29.0. The van der Waals surface area contributed by atoms with Crippen LogP contribution in [-0.4, -0.2) is 110 Å². The summed E-state index contributed by atoms with van der Waals surface area (Å²) < 4.78 is 42.3. The van der Waals surface area contributed by atoms with E-state index in [9.17, 15) is 39.4 Å². The van der Waals surface area contributed by atoms with Crippen LogP contribution in [0.3, 0.4) is 0 Å². The normalized spacial score (nSPS) is 11.0. The largest absolute Gasteiger partial charge is 0.495 e. The summed E-state index contributed by atoms with van der Waals surface area (Å²) in [5, 5.41) is 28.0. The van der Waals surface area contributed by atoms with Crippen molar-refractivity contribution in [2.45, 2.75) is 47.2 Å². The highest BCUT2D eigenvalue weighted by Gasteiger charge is 2.25. The van der Waals surface area contributed by atoms with E-state index in [1.807, 2.05) is 48.5 Å². The van der Waals surface area contributed by atoms with Crippen LogP contribution in [0.1, 0.15) is 58.6 Å². The second-order valence-electron chi connectivity index (χ2n) is 16.4. The molecule has 0 aliphatic carbocycles. The lowest BCUT2D eigenvalue weighted by Gasteiger charge is -2.18. The van der Waals surface area contributed by atoms with Gasteiger partial charge in [0.15, 0.2) is 11.5 Å². The van der Waals surface area contributed by atoms with Crippen LogP contribution in [0.5, 0.6) is 28.7 Å². The fraction of sp³-hybridized carbons (Fsp3) is 0.286. The van der Waals surface area contributed by atoms with Crippen molar-refractivity contribution in [3.63, 3.8) is 0 Å². The number of nitro groups is 2. The maximum atomic E-state index is 11.5. The summed E-state index contributed by atoms with van der Waals surface area (Å²) in [7, 11) is 7.64. The zero-order valence-electron chi connectivity index (χ0n) is 44.7. The molecule has 22 nitrogen and oxygen atoms in total. The number of para-hydroxylation sites is 5. The second-order valence-corrected chi connectivity index (χ2v) is 16.4. The average Bonchev–Trinajstić information content (AvgIpc) is 4.23. The van der Waals surface area contributed by atoms with Crippen LogP contribution in [0, 0.1) is 27.2 Å². The van der Waals surface area contributed by atoms with Crippen molar-refractivity contribution >= 4 is 67.8 Å². The number of hydrogen-bond donors (Lipinski definition) is 3. The molecule has 1 aliphatic heterocycles. The molecule has 412 valence electrons. The number of hydrogen-bond acceptors (Lipinski definition) is 17. The Balaban J connectivity index is 0.000000181. The third kappa shape index (κ3) is 14.9. The van der Waals surface area contributed by atoms with Crippen LogP contribution in [0.4, 0.5) is 11.4 Å². The third-order valence-electron chi connectivity index (χ3n) is 11.6. The summed E-state index contributed by atoms with van der Waals surface area (Å²) in [5.74, 6) is 0.222. The Hall–Kier alpha value is -9.44. The number of rotatable bonds is 15. The van der Waals surface area contributed by atoms with Gasteiger partial charge in [0, 0.05) is 59.0 Å². The number of ketones is 1. The SMILES string of the molecule is CCOC(=O)C(=O)Cc1cccc(OC)c1[N+](=O)[O-].CCOC(=O)c1cc2cccc(OC)c2[nH]1.CCOC(=O)c1cc2cccc(OC)c2[nH]1.COc1cccc(C)c1[N+](=O)[O-].COc1cccc2cc3n(c12)CCNC3. The number of aromatic nitrogens is 3. The summed E-state index contributed by atoms with van der Waals surface area (Å²) in [6.07, 6.45) is -0.396. The number of esters is 3. The van der Waals surface area contributed by atoms with E-state index < -0.39 is 28.0 Å². The van der Waals surface area contributed by atoms with E-state index in [1.165, 1.54) is 49.0 Å². The Kier molecular flexibility index (Phi) is 22.1. The number of H-pyrrole nitrogens is 2. The Labute approximate surface area is 448 Å². The molecule has 0 bridgehead atoms. The number of Topliss-reactive ketones (excluding diaryl/α,β-unsaturated/α-hetero) is 1. The van der Waals surface area contributed by atoms with Crippen LogP contribution < -0.4 is 29.0 Å². The number of carbonyl (C=O) groups excluding carboxylic acids is 4. The number of benzene rings is 5. The summed E-state index contributed by atoms with van der Waals surface area (Å²) in [5.41, 5.74) is 5.55. The molecule has 0 spiro atoms. The number of carbonyl (C=O) groups is 4. The van der Waals surface area contributed by atoms with Crippen molar-refractivity contribution < 1.29 is 66.9 Å². The molecule has 5 aromatic carbocycles. The molecule has 0 atom stereocenters. The lowest BCUT2D eigenvalue weighted by atomic mass is 10.1. The Morgan fingerprint density at radius 1 is 0.564 bits per heavy atom. The molecule has 9 rings (SSSR count). The first kappa shape index (κ1) is 59.4. The number of aromatic amines is 2. The van der Waals surface area contributed by atoms with Gasteiger partial charge in [0.2, 0.25) is 5.78 Å². The van der Waals surface area contributed by atoms with Crippen LogP contribution >= 0.6 is 0 Å². The average molecular weight is 1080 g/mol. The van der Waals surface area contributed by atoms with Crippen molar-refractivity contribution in [3.8, 4) is 28.7 Å². The van der Waals surface area contributed by atoms with Crippen molar-refractivity contribution in [1.82, 2.24) is 19.9 Å². The monoisotopic (exact) mass is 1070 g/mol. The van der Waals surface area contributed by atoms with Gasteiger partial charge in [0.05, 0.1) is 81.8 Å². The molecule has 0 fully saturated rings. The number of fused-ring (bicyclic) bond motifs is 5. The Morgan fingerprint density at radius 3 is 1.49 bits per heavy atom. The van der Waals surface area contributed by atoms with Gasteiger partial charge in [-0.2, -0.15) is 0 Å². The molecule has 0 radical (unpaired) electrons. The predicted octanol–water partition coefficient (Wildman–Crippen LogP) is 9.65. The van der Waals surface area contributed by atoms with E-state index in [1.54, 1.807) is 79.4 Å². The van der Waals surface area contributed by atoms with Crippen LogP contribution in [0.15, 0.2) is 109 Å². The quantitative estimate of drug-likeness (QED) is 0.0283. The number of nitrogens with one attached hydrogen (secondary N) is 3. The number of nitrogens with zero attached hydrogens (tertiary/aromatic N) is 3. The van der Waals surface area contributed by atoms with Gasteiger partial charge in [0.1, 0.15) is 28.6 Å². The van der Waals surface area contributed by atoms with Crippen LogP contribution in [0.25, 0.3) is 32.7 Å². The van der Waals surface area contributed by atoms with Gasteiger partial charge in [-0.15, -0.1) is 0 Å². The van der Waals surface area contributed by atoms with Crippen molar-refractivity contribution in [1.29, 1.82) is 0 Å². The Morgan fingerprint density at radius 2 is 1.01 bits per heavy atom. The molecule has 8 aromatic rings. The molecule has 0 amide bonds. The molecule has 78 heavy (non-hydrogen) atoms. The van der Waals surface area contributed by atoms with Gasteiger partial charge in [0.25, 0.3) is 0 Å². The molecule has 0 saturated carbocycles. The zero-order chi connectivity index (χ0) is 56.9. The Bertz CT molecular complexity index is 3280. The first-order valence-corrected chi connectivity index (χ1v) is 24.4. The molecule has 4 heterocycles. The molecule has 0 unspecified atom stereocenters. The van der Waals surface area contributed by atoms with Crippen LogP contribution in [-0.2, 0) is 43.3 Å². The minimum Gasteiger partial charge on any atom is -0.495 e. The molecule has 3 aromatic heterocycles. The van der Waals surface area contributed by atoms with Crippen LogP contribution in [0.2, 0.25) is 0 Å². The van der Waals surface area contributed by atoms with E-state index in [0.29, 0.717) is 47.4 Å². The first-order valence-electron chi connectivity index (χ1n) is 24.4. The van der Waals surface area contributed by atoms with E-state index >= 15 is 0 Å². The molecule has 1 aliphatic rings. The highest BCUT2D eigenvalue weighted by atomic mass is 16.6. The lowest BCUT2D eigenvalue weighted by Crippen LogP contribution is -2.27.